The van der Waals surface area contributed by atoms with Crippen LogP contribution in [0.2, 0.25) is 10.0 Å². The third-order valence-electron chi connectivity index (χ3n) is 3.05. The molecule has 1 atom stereocenters. The fourth-order valence-electron chi connectivity index (χ4n) is 1.95. The standard InChI is InChI=1S/C15H12Br2Cl2/c1-9-11(3-2-4-12(9)16)13(17)7-10-5-6-14(18)15(19)8-10/h2-6,8,13H,7H2,1H3. The van der Waals surface area contributed by atoms with E-state index in [1.807, 2.05) is 18.2 Å². The maximum atomic E-state index is 6.05. The molecule has 1 unspecified atom stereocenters. The number of hydrogen-bond acceptors (Lipinski definition) is 0. The van der Waals surface area contributed by atoms with Crippen LogP contribution in [-0.2, 0) is 6.42 Å². The predicted octanol–water partition coefficient (Wildman–Crippen LogP) is 6.74. The van der Waals surface area contributed by atoms with Crippen molar-refractivity contribution < 1.29 is 0 Å². The van der Waals surface area contributed by atoms with E-state index in [9.17, 15) is 0 Å². The Hall–Kier alpha value is -0.0200. The highest BCUT2D eigenvalue weighted by Crippen LogP contribution is 2.33. The van der Waals surface area contributed by atoms with Crippen molar-refractivity contribution in [3.05, 3.63) is 67.6 Å². The first-order valence-corrected chi connectivity index (χ1v) is 8.28. The van der Waals surface area contributed by atoms with Gasteiger partial charge < -0.3 is 0 Å². The van der Waals surface area contributed by atoms with Crippen LogP contribution >= 0.6 is 55.1 Å². The fourth-order valence-corrected chi connectivity index (χ4v) is 3.52. The molecule has 0 radical (unpaired) electrons. The molecule has 0 saturated heterocycles. The summed E-state index contributed by atoms with van der Waals surface area (Å²) < 4.78 is 1.13. The predicted molar refractivity (Wildman–Crippen MR) is 90.7 cm³/mol. The average molecular weight is 423 g/mol. The lowest BCUT2D eigenvalue weighted by atomic mass is 10.0. The lowest BCUT2D eigenvalue weighted by Gasteiger charge is -2.14. The third kappa shape index (κ3) is 3.75. The van der Waals surface area contributed by atoms with Gasteiger partial charge in [-0.05, 0) is 48.2 Å². The summed E-state index contributed by atoms with van der Waals surface area (Å²) in [5, 5.41) is 1.19. The van der Waals surface area contributed by atoms with Crippen molar-refractivity contribution in [2.45, 2.75) is 18.2 Å². The second-order valence-electron chi connectivity index (χ2n) is 4.37. The SMILES string of the molecule is Cc1c(Br)cccc1C(Br)Cc1ccc(Cl)c(Cl)c1. The summed E-state index contributed by atoms with van der Waals surface area (Å²) in [7, 11) is 0. The van der Waals surface area contributed by atoms with E-state index in [2.05, 4.69) is 57.0 Å². The van der Waals surface area contributed by atoms with E-state index >= 15 is 0 Å². The smallest absolute Gasteiger partial charge is 0.0595 e. The molecule has 100 valence electrons. The van der Waals surface area contributed by atoms with E-state index in [0.29, 0.717) is 10.0 Å². The van der Waals surface area contributed by atoms with Crippen LogP contribution in [0.15, 0.2) is 40.9 Å². The first kappa shape index (κ1) is 15.4. The quantitative estimate of drug-likeness (QED) is 0.480. The molecule has 0 bridgehead atoms. The Balaban J connectivity index is 2.23. The van der Waals surface area contributed by atoms with E-state index in [0.717, 1.165) is 16.5 Å². The van der Waals surface area contributed by atoms with Gasteiger partial charge in [0.2, 0.25) is 0 Å². The average Bonchev–Trinajstić information content (AvgIpc) is 2.37. The molecule has 4 heteroatoms. The Morgan fingerprint density at radius 2 is 1.84 bits per heavy atom. The topological polar surface area (TPSA) is 0 Å². The minimum atomic E-state index is 0.252. The number of benzene rings is 2. The lowest BCUT2D eigenvalue weighted by Crippen LogP contribution is -1.98. The fraction of sp³-hybridized carbons (Fsp3) is 0.200. The van der Waals surface area contributed by atoms with Gasteiger partial charge in [0.1, 0.15) is 0 Å². The molecule has 0 aliphatic rings. The Morgan fingerprint density at radius 3 is 2.53 bits per heavy atom. The van der Waals surface area contributed by atoms with Gasteiger partial charge >= 0.3 is 0 Å². The highest BCUT2D eigenvalue weighted by atomic mass is 79.9. The molecular weight excluding hydrogens is 411 g/mol. The van der Waals surface area contributed by atoms with Crippen LogP contribution < -0.4 is 0 Å². The molecule has 0 aliphatic carbocycles. The molecule has 0 amide bonds. The summed E-state index contributed by atoms with van der Waals surface area (Å²) in [6.07, 6.45) is 0.869. The van der Waals surface area contributed by atoms with Crippen molar-refractivity contribution >= 4 is 55.1 Å². The summed E-state index contributed by atoms with van der Waals surface area (Å²) in [5.41, 5.74) is 3.69. The number of halogens is 4. The zero-order valence-corrected chi connectivity index (χ0v) is 14.9. The van der Waals surface area contributed by atoms with Crippen LogP contribution in [-0.4, -0.2) is 0 Å². The lowest BCUT2D eigenvalue weighted by molar-refractivity contribution is 0.936. The van der Waals surface area contributed by atoms with Crippen molar-refractivity contribution in [3.8, 4) is 0 Å². The molecule has 0 saturated carbocycles. The molecular formula is C15H12Br2Cl2. The second kappa shape index (κ2) is 6.62. The van der Waals surface area contributed by atoms with Gasteiger partial charge in [-0.3, -0.25) is 0 Å². The molecule has 0 N–H and O–H groups in total. The van der Waals surface area contributed by atoms with Crippen molar-refractivity contribution in [1.82, 2.24) is 0 Å². The monoisotopic (exact) mass is 420 g/mol. The van der Waals surface area contributed by atoms with Gasteiger partial charge in [0.25, 0.3) is 0 Å². The molecule has 2 aromatic rings. The molecule has 2 rings (SSSR count). The number of alkyl halides is 1. The van der Waals surface area contributed by atoms with Crippen LogP contribution in [0.1, 0.15) is 21.5 Å². The molecule has 19 heavy (non-hydrogen) atoms. The number of rotatable bonds is 3. The zero-order valence-electron chi connectivity index (χ0n) is 10.3. The van der Waals surface area contributed by atoms with Gasteiger partial charge in [0.15, 0.2) is 0 Å². The Labute approximate surface area is 140 Å². The minimum Gasteiger partial charge on any atom is -0.0835 e. The summed E-state index contributed by atoms with van der Waals surface area (Å²) >= 11 is 19.3. The van der Waals surface area contributed by atoms with E-state index in [-0.39, 0.29) is 4.83 Å². The molecule has 0 aliphatic heterocycles. The van der Waals surface area contributed by atoms with Crippen LogP contribution in [0, 0.1) is 6.92 Å². The molecule has 0 heterocycles. The van der Waals surface area contributed by atoms with Gasteiger partial charge in [-0.15, -0.1) is 0 Å². The maximum Gasteiger partial charge on any atom is 0.0595 e. The summed E-state index contributed by atoms with van der Waals surface area (Å²) in [4.78, 5) is 0.252. The van der Waals surface area contributed by atoms with Gasteiger partial charge in [0, 0.05) is 9.30 Å². The Bertz CT molecular complexity index is 597. The molecule has 0 aromatic heterocycles. The second-order valence-corrected chi connectivity index (χ2v) is 7.15. The Morgan fingerprint density at radius 1 is 1.11 bits per heavy atom. The third-order valence-corrected chi connectivity index (χ3v) is 5.46. The van der Waals surface area contributed by atoms with Gasteiger partial charge in [-0.2, -0.15) is 0 Å². The van der Waals surface area contributed by atoms with Gasteiger partial charge in [-0.1, -0.05) is 73.3 Å². The van der Waals surface area contributed by atoms with E-state index in [1.165, 1.54) is 11.1 Å². The van der Waals surface area contributed by atoms with E-state index in [4.69, 9.17) is 23.2 Å². The molecule has 2 aromatic carbocycles. The molecule has 0 spiro atoms. The van der Waals surface area contributed by atoms with Crippen LogP contribution in [0.4, 0.5) is 0 Å². The maximum absolute atomic E-state index is 6.05. The molecule has 0 fully saturated rings. The molecule has 0 nitrogen and oxygen atoms in total. The van der Waals surface area contributed by atoms with Crippen molar-refractivity contribution in [2.75, 3.05) is 0 Å². The van der Waals surface area contributed by atoms with Crippen LogP contribution in [0.3, 0.4) is 0 Å². The zero-order chi connectivity index (χ0) is 14.0. The van der Waals surface area contributed by atoms with E-state index in [1.54, 1.807) is 0 Å². The highest BCUT2D eigenvalue weighted by molar-refractivity contribution is 9.10. The number of hydrogen-bond donors (Lipinski definition) is 0. The minimum absolute atomic E-state index is 0.252. The largest absolute Gasteiger partial charge is 0.0835 e. The summed E-state index contributed by atoms with van der Waals surface area (Å²) in [6.45, 7) is 2.11. The van der Waals surface area contributed by atoms with Gasteiger partial charge in [-0.25, -0.2) is 0 Å². The summed E-state index contributed by atoms with van der Waals surface area (Å²) in [6, 6.07) is 12.0. The Kier molecular flexibility index (Phi) is 5.36. The van der Waals surface area contributed by atoms with Gasteiger partial charge in [0.05, 0.1) is 10.0 Å². The highest BCUT2D eigenvalue weighted by Gasteiger charge is 2.13. The van der Waals surface area contributed by atoms with Crippen LogP contribution in [0.25, 0.3) is 0 Å². The normalized spacial score (nSPS) is 12.5. The van der Waals surface area contributed by atoms with Crippen molar-refractivity contribution in [2.24, 2.45) is 0 Å². The van der Waals surface area contributed by atoms with Crippen molar-refractivity contribution in [1.29, 1.82) is 0 Å². The van der Waals surface area contributed by atoms with Crippen LogP contribution in [0.5, 0.6) is 0 Å². The first-order chi connectivity index (χ1) is 8.99. The summed E-state index contributed by atoms with van der Waals surface area (Å²) in [5.74, 6) is 0. The van der Waals surface area contributed by atoms with E-state index < -0.39 is 0 Å². The first-order valence-electron chi connectivity index (χ1n) is 5.82. The van der Waals surface area contributed by atoms with Crippen molar-refractivity contribution in [3.63, 3.8) is 0 Å².